The van der Waals surface area contributed by atoms with E-state index in [1.54, 1.807) is 0 Å². The van der Waals surface area contributed by atoms with Gasteiger partial charge in [0.1, 0.15) is 5.82 Å². The van der Waals surface area contributed by atoms with Gasteiger partial charge in [0, 0.05) is 16.9 Å². The van der Waals surface area contributed by atoms with Gasteiger partial charge >= 0.3 is 5.97 Å². The van der Waals surface area contributed by atoms with Gasteiger partial charge in [0.15, 0.2) is 0 Å². The SMILES string of the molecule is CCn1c(C2CC(C)CC2C(=O)O)nc2cc(Br)ccc21. The third-order valence-electron chi connectivity index (χ3n) is 4.50. The zero-order valence-corrected chi connectivity index (χ0v) is 13.8. The average Bonchev–Trinajstić information content (AvgIpc) is 2.98. The number of benzene rings is 1. The summed E-state index contributed by atoms with van der Waals surface area (Å²) in [6.45, 7) is 5.02. The minimum atomic E-state index is -0.694. The van der Waals surface area contributed by atoms with Gasteiger partial charge in [-0.2, -0.15) is 0 Å². The maximum absolute atomic E-state index is 11.6. The van der Waals surface area contributed by atoms with Crippen LogP contribution in [0.25, 0.3) is 11.0 Å². The summed E-state index contributed by atoms with van der Waals surface area (Å²) in [5.74, 6) is 0.379. The first-order valence-electron chi connectivity index (χ1n) is 7.39. The van der Waals surface area contributed by atoms with Crippen LogP contribution < -0.4 is 0 Å². The van der Waals surface area contributed by atoms with E-state index in [1.807, 2.05) is 18.2 Å². The Morgan fingerprint density at radius 2 is 2.24 bits per heavy atom. The minimum Gasteiger partial charge on any atom is -0.481 e. The van der Waals surface area contributed by atoms with Gasteiger partial charge in [0.05, 0.1) is 17.0 Å². The molecule has 3 unspecified atom stereocenters. The lowest BCUT2D eigenvalue weighted by atomic mass is 9.95. The molecule has 0 spiro atoms. The molecule has 1 aliphatic carbocycles. The lowest BCUT2D eigenvalue weighted by Gasteiger charge is -2.16. The number of carboxylic acids is 1. The van der Waals surface area contributed by atoms with Crippen LogP contribution in [0.15, 0.2) is 22.7 Å². The predicted molar refractivity (Wildman–Crippen MR) is 85.4 cm³/mol. The van der Waals surface area contributed by atoms with E-state index in [9.17, 15) is 9.90 Å². The fourth-order valence-corrected chi connectivity index (χ4v) is 3.94. The van der Waals surface area contributed by atoms with E-state index in [4.69, 9.17) is 4.98 Å². The molecule has 3 rings (SSSR count). The quantitative estimate of drug-likeness (QED) is 0.908. The molecule has 1 aliphatic rings. The van der Waals surface area contributed by atoms with E-state index in [1.165, 1.54) is 0 Å². The normalized spacial score (nSPS) is 25.6. The summed E-state index contributed by atoms with van der Waals surface area (Å²) in [6.07, 6.45) is 1.65. The van der Waals surface area contributed by atoms with Crippen molar-refractivity contribution in [1.29, 1.82) is 0 Å². The van der Waals surface area contributed by atoms with E-state index in [2.05, 4.69) is 34.3 Å². The first kappa shape index (κ1) is 14.6. The highest BCUT2D eigenvalue weighted by atomic mass is 79.9. The molecule has 0 bridgehead atoms. The number of fused-ring (bicyclic) bond motifs is 1. The molecule has 1 fully saturated rings. The Labute approximate surface area is 132 Å². The van der Waals surface area contributed by atoms with Gasteiger partial charge in [-0.3, -0.25) is 4.79 Å². The largest absolute Gasteiger partial charge is 0.481 e. The Morgan fingerprint density at radius 3 is 2.90 bits per heavy atom. The van der Waals surface area contributed by atoms with Crippen molar-refractivity contribution in [2.45, 2.75) is 39.2 Å². The van der Waals surface area contributed by atoms with Crippen molar-refractivity contribution in [2.24, 2.45) is 11.8 Å². The van der Waals surface area contributed by atoms with Crippen molar-refractivity contribution in [3.63, 3.8) is 0 Å². The Morgan fingerprint density at radius 1 is 1.48 bits per heavy atom. The number of rotatable bonds is 3. The highest BCUT2D eigenvalue weighted by molar-refractivity contribution is 9.10. The van der Waals surface area contributed by atoms with Crippen molar-refractivity contribution in [2.75, 3.05) is 0 Å². The number of hydrogen-bond acceptors (Lipinski definition) is 2. The monoisotopic (exact) mass is 350 g/mol. The molecule has 3 atom stereocenters. The predicted octanol–water partition coefficient (Wildman–Crippen LogP) is 4.03. The van der Waals surface area contributed by atoms with Crippen molar-refractivity contribution < 1.29 is 9.90 Å². The van der Waals surface area contributed by atoms with Crippen LogP contribution in [0, 0.1) is 11.8 Å². The molecule has 2 aromatic rings. The standard InChI is InChI=1S/C16H19BrN2O2/c1-3-19-14-5-4-10(17)8-13(14)18-15(19)11-6-9(2)7-12(11)16(20)21/h4-5,8-9,11-12H,3,6-7H2,1-2H3,(H,20,21). The molecule has 112 valence electrons. The number of carboxylic acid groups (broad SMARTS) is 1. The summed E-state index contributed by atoms with van der Waals surface area (Å²) >= 11 is 3.47. The second-order valence-electron chi connectivity index (χ2n) is 5.98. The van der Waals surface area contributed by atoms with Gasteiger partial charge in [0.25, 0.3) is 0 Å². The maximum Gasteiger partial charge on any atom is 0.307 e. The zero-order chi connectivity index (χ0) is 15.1. The number of halogens is 1. The van der Waals surface area contributed by atoms with E-state index >= 15 is 0 Å². The summed E-state index contributed by atoms with van der Waals surface area (Å²) in [5.41, 5.74) is 2.02. The third-order valence-corrected chi connectivity index (χ3v) is 5.00. The maximum atomic E-state index is 11.6. The van der Waals surface area contributed by atoms with E-state index in [0.717, 1.165) is 40.7 Å². The summed E-state index contributed by atoms with van der Waals surface area (Å²) < 4.78 is 3.16. The van der Waals surface area contributed by atoms with Gasteiger partial charge < -0.3 is 9.67 Å². The molecule has 0 aliphatic heterocycles. The van der Waals surface area contributed by atoms with Crippen molar-refractivity contribution >= 4 is 32.9 Å². The molecule has 0 amide bonds. The summed E-state index contributed by atoms with van der Waals surface area (Å²) in [5, 5.41) is 9.50. The first-order valence-corrected chi connectivity index (χ1v) is 8.19. The van der Waals surface area contributed by atoms with Crippen LogP contribution in [0.1, 0.15) is 38.4 Å². The second kappa shape index (κ2) is 5.44. The highest BCUT2D eigenvalue weighted by Gasteiger charge is 2.40. The summed E-state index contributed by atoms with van der Waals surface area (Å²) in [6, 6.07) is 6.05. The van der Waals surface area contributed by atoms with E-state index in [0.29, 0.717) is 5.92 Å². The molecular weight excluding hydrogens is 332 g/mol. The Hall–Kier alpha value is -1.36. The molecule has 1 heterocycles. The van der Waals surface area contributed by atoms with Crippen LogP contribution >= 0.6 is 15.9 Å². The minimum absolute atomic E-state index is 0.0172. The molecule has 21 heavy (non-hydrogen) atoms. The first-order chi connectivity index (χ1) is 10.0. The zero-order valence-electron chi connectivity index (χ0n) is 12.2. The van der Waals surface area contributed by atoms with E-state index < -0.39 is 5.97 Å². The number of aliphatic carboxylic acids is 1. The van der Waals surface area contributed by atoms with Crippen LogP contribution in [-0.4, -0.2) is 20.6 Å². The smallest absolute Gasteiger partial charge is 0.307 e. The molecule has 1 aromatic heterocycles. The summed E-state index contributed by atoms with van der Waals surface area (Å²) in [7, 11) is 0. The van der Waals surface area contributed by atoms with Crippen molar-refractivity contribution in [3.05, 3.63) is 28.5 Å². The number of aryl methyl sites for hydroxylation is 1. The number of nitrogens with zero attached hydrogens (tertiary/aromatic N) is 2. The van der Waals surface area contributed by atoms with Gasteiger partial charge in [-0.25, -0.2) is 4.98 Å². The molecule has 1 saturated carbocycles. The second-order valence-corrected chi connectivity index (χ2v) is 6.89. The molecule has 4 nitrogen and oxygen atoms in total. The molecule has 0 saturated heterocycles. The van der Waals surface area contributed by atoms with Gasteiger partial charge in [0.2, 0.25) is 0 Å². The molecule has 1 aromatic carbocycles. The van der Waals surface area contributed by atoms with Crippen LogP contribution in [0.2, 0.25) is 0 Å². The summed E-state index contributed by atoms with van der Waals surface area (Å²) in [4.78, 5) is 16.3. The Balaban J connectivity index is 2.13. The van der Waals surface area contributed by atoms with Crippen LogP contribution in [0.3, 0.4) is 0 Å². The number of aromatic nitrogens is 2. The van der Waals surface area contributed by atoms with E-state index in [-0.39, 0.29) is 11.8 Å². The van der Waals surface area contributed by atoms with Gasteiger partial charge in [-0.05, 0) is 43.9 Å². The lowest BCUT2D eigenvalue weighted by Crippen LogP contribution is -2.20. The Bertz CT molecular complexity index is 695. The molecular formula is C16H19BrN2O2. The average molecular weight is 351 g/mol. The topological polar surface area (TPSA) is 55.1 Å². The van der Waals surface area contributed by atoms with Gasteiger partial charge in [-0.15, -0.1) is 0 Å². The lowest BCUT2D eigenvalue weighted by molar-refractivity contribution is -0.142. The van der Waals surface area contributed by atoms with Crippen LogP contribution in [-0.2, 0) is 11.3 Å². The number of hydrogen-bond donors (Lipinski definition) is 1. The van der Waals surface area contributed by atoms with Crippen LogP contribution in [0.5, 0.6) is 0 Å². The van der Waals surface area contributed by atoms with Crippen LogP contribution in [0.4, 0.5) is 0 Å². The fraction of sp³-hybridized carbons (Fsp3) is 0.500. The highest BCUT2D eigenvalue weighted by Crippen LogP contribution is 2.43. The molecule has 0 radical (unpaired) electrons. The van der Waals surface area contributed by atoms with Gasteiger partial charge in [-0.1, -0.05) is 22.9 Å². The fourth-order valence-electron chi connectivity index (χ4n) is 3.59. The van der Waals surface area contributed by atoms with Crippen molar-refractivity contribution in [3.8, 4) is 0 Å². The third kappa shape index (κ3) is 2.48. The number of carbonyl (C=O) groups is 1. The molecule has 5 heteroatoms. The Kier molecular flexibility index (Phi) is 3.78. The van der Waals surface area contributed by atoms with Crippen molar-refractivity contribution in [1.82, 2.24) is 9.55 Å². The molecule has 1 N–H and O–H groups in total. The number of imidazole rings is 1.